The van der Waals surface area contributed by atoms with E-state index in [9.17, 15) is 4.79 Å². The van der Waals surface area contributed by atoms with E-state index in [1.165, 1.54) is 6.07 Å². The number of hydrogen-bond acceptors (Lipinski definition) is 5. The molecule has 0 aliphatic heterocycles. The summed E-state index contributed by atoms with van der Waals surface area (Å²) in [5.74, 6) is 0.460. The zero-order valence-corrected chi connectivity index (χ0v) is 10.3. The summed E-state index contributed by atoms with van der Waals surface area (Å²) in [5, 5.41) is 0. The fraction of sp³-hybridized carbons (Fsp3) is 0. The Morgan fingerprint density at radius 3 is 2.83 bits per heavy atom. The average Bonchev–Trinajstić information content (AvgIpc) is 2.83. The van der Waals surface area contributed by atoms with Gasteiger partial charge in [-0.15, -0.1) is 11.3 Å². The highest BCUT2D eigenvalue weighted by Gasteiger charge is 1.98. The van der Waals surface area contributed by atoms with E-state index in [1.54, 1.807) is 23.6 Å². The second-order valence-electron chi connectivity index (χ2n) is 3.29. The largest absolute Gasteiger partial charge is 0.291 e. The number of H-pyrrole nitrogens is 1. The second-order valence-corrected chi connectivity index (χ2v) is 4.43. The molecule has 0 saturated heterocycles. The van der Waals surface area contributed by atoms with Crippen LogP contribution in [0.3, 0.4) is 0 Å². The zero-order chi connectivity index (χ0) is 13.0. The van der Waals surface area contributed by atoms with Crippen molar-refractivity contribution in [1.29, 1.82) is 0 Å². The van der Waals surface area contributed by atoms with Crippen molar-refractivity contribution in [3.8, 4) is 0 Å². The van der Waals surface area contributed by atoms with Gasteiger partial charge in [0.05, 0.1) is 0 Å². The van der Waals surface area contributed by atoms with Crippen LogP contribution in [0.25, 0.3) is 6.08 Å². The Morgan fingerprint density at radius 1 is 1.39 bits per heavy atom. The molecule has 5 nitrogen and oxygen atoms in total. The summed E-state index contributed by atoms with van der Waals surface area (Å²) >= 11 is 1.55. The van der Waals surface area contributed by atoms with Crippen LogP contribution in [-0.2, 0) is 0 Å². The van der Waals surface area contributed by atoms with E-state index in [0.29, 0.717) is 5.82 Å². The molecule has 0 saturated carbocycles. The predicted octanol–water partition coefficient (Wildman–Crippen LogP) is 2.56. The smallest absolute Gasteiger partial charge is 0.254 e. The molecular formula is C12H10N4OS. The molecule has 0 fully saturated rings. The van der Waals surface area contributed by atoms with E-state index in [-0.39, 0.29) is 11.5 Å². The molecule has 0 atom stereocenters. The van der Waals surface area contributed by atoms with E-state index in [0.717, 1.165) is 9.75 Å². The van der Waals surface area contributed by atoms with E-state index in [4.69, 9.17) is 0 Å². The summed E-state index contributed by atoms with van der Waals surface area (Å²) < 4.78 is 0. The van der Waals surface area contributed by atoms with E-state index >= 15 is 0 Å². The summed E-state index contributed by atoms with van der Waals surface area (Å²) in [7, 11) is 0. The Labute approximate surface area is 107 Å². The van der Waals surface area contributed by atoms with Gasteiger partial charge < -0.3 is 0 Å². The summed E-state index contributed by atoms with van der Waals surface area (Å²) in [6, 6.07) is 5.17. The minimum absolute atomic E-state index is 0.160. The lowest BCUT2D eigenvalue weighted by molar-refractivity contribution is 1.09. The van der Waals surface area contributed by atoms with Crippen LogP contribution < -0.4 is 5.56 Å². The molecule has 0 bridgehead atoms. The maximum atomic E-state index is 11.3. The summed E-state index contributed by atoms with van der Waals surface area (Å²) in [4.78, 5) is 27.4. The van der Waals surface area contributed by atoms with Gasteiger partial charge in [-0.05, 0) is 18.9 Å². The fourth-order valence-electron chi connectivity index (χ4n) is 1.25. The standard InChI is InChI=1S/C12H10N4OS/c1-3-8-4-5-9(18-8)7-14-10-6-11(17)16-12(13-2)15-10/h3-7H,1-2H2,(H,15,16,17). The maximum absolute atomic E-state index is 11.3. The van der Waals surface area contributed by atoms with Gasteiger partial charge in [0.15, 0.2) is 5.82 Å². The van der Waals surface area contributed by atoms with Gasteiger partial charge in [-0.25, -0.2) is 9.98 Å². The molecule has 18 heavy (non-hydrogen) atoms. The van der Waals surface area contributed by atoms with Crippen molar-refractivity contribution in [3.63, 3.8) is 0 Å². The van der Waals surface area contributed by atoms with Gasteiger partial charge >= 0.3 is 0 Å². The number of aliphatic imine (C=N–C) groups is 2. The van der Waals surface area contributed by atoms with Gasteiger partial charge in [0.25, 0.3) is 5.56 Å². The first-order chi connectivity index (χ1) is 8.71. The molecule has 0 aliphatic carbocycles. The first-order valence-electron chi connectivity index (χ1n) is 5.05. The Morgan fingerprint density at radius 2 is 2.17 bits per heavy atom. The predicted molar refractivity (Wildman–Crippen MR) is 75.7 cm³/mol. The third kappa shape index (κ3) is 2.86. The number of nitrogens with zero attached hydrogens (tertiary/aromatic N) is 3. The third-order valence-corrected chi connectivity index (χ3v) is 3.05. The normalized spacial score (nSPS) is 10.7. The average molecular weight is 258 g/mol. The van der Waals surface area contributed by atoms with Crippen LogP contribution in [0.5, 0.6) is 0 Å². The molecule has 0 aliphatic rings. The Hall–Kier alpha value is -2.34. The molecule has 90 valence electrons. The first-order valence-corrected chi connectivity index (χ1v) is 5.87. The molecule has 2 rings (SSSR count). The van der Waals surface area contributed by atoms with Crippen molar-refractivity contribution in [2.75, 3.05) is 0 Å². The Bertz CT molecular complexity index is 669. The van der Waals surface area contributed by atoms with Gasteiger partial charge in [-0.3, -0.25) is 9.78 Å². The fourth-order valence-corrected chi connectivity index (χ4v) is 1.98. The maximum Gasteiger partial charge on any atom is 0.254 e. The minimum atomic E-state index is -0.308. The lowest BCUT2D eigenvalue weighted by Crippen LogP contribution is -2.03. The lowest BCUT2D eigenvalue weighted by atomic mass is 10.4. The zero-order valence-electron chi connectivity index (χ0n) is 9.46. The first kappa shape index (κ1) is 12.1. The summed E-state index contributed by atoms with van der Waals surface area (Å²) in [6.45, 7) is 6.99. The Balaban J connectivity index is 2.27. The van der Waals surface area contributed by atoms with Crippen LogP contribution in [0.2, 0.25) is 0 Å². The van der Waals surface area contributed by atoms with Gasteiger partial charge in [0, 0.05) is 22.0 Å². The molecule has 2 heterocycles. The van der Waals surface area contributed by atoms with Gasteiger partial charge in [0.2, 0.25) is 5.95 Å². The van der Waals surface area contributed by atoms with Crippen LogP contribution in [0.1, 0.15) is 9.75 Å². The van der Waals surface area contributed by atoms with Crippen LogP contribution in [0.15, 0.2) is 39.6 Å². The van der Waals surface area contributed by atoms with E-state index in [1.807, 2.05) is 12.1 Å². The molecule has 1 N–H and O–H groups in total. The quantitative estimate of drug-likeness (QED) is 0.856. The molecule has 0 amide bonds. The van der Waals surface area contributed by atoms with Crippen molar-refractivity contribution >= 4 is 42.1 Å². The van der Waals surface area contributed by atoms with Crippen LogP contribution in [0.4, 0.5) is 11.8 Å². The van der Waals surface area contributed by atoms with Crippen molar-refractivity contribution in [1.82, 2.24) is 9.97 Å². The monoisotopic (exact) mass is 258 g/mol. The molecule has 2 aromatic rings. The molecule has 0 spiro atoms. The third-order valence-electron chi connectivity index (χ3n) is 2.04. The van der Waals surface area contributed by atoms with Crippen molar-refractivity contribution in [2.45, 2.75) is 0 Å². The number of nitrogens with one attached hydrogen (secondary N) is 1. The van der Waals surface area contributed by atoms with E-state index < -0.39 is 0 Å². The summed E-state index contributed by atoms with van der Waals surface area (Å²) in [5.41, 5.74) is -0.308. The minimum Gasteiger partial charge on any atom is -0.291 e. The Kier molecular flexibility index (Phi) is 3.59. The number of thiophene rings is 1. The number of aromatic nitrogens is 2. The highest BCUT2D eigenvalue weighted by Crippen LogP contribution is 2.16. The molecule has 6 heteroatoms. The van der Waals surface area contributed by atoms with Crippen LogP contribution in [0, 0.1) is 0 Å². The second kappa shape index (κ2) is 5.33. The summed E-state index contributed by atoms with van der Waals surface area (Å²) in [6.07, 6.45) is 3.42. The van der Waals surface area contributed by atoms with Crippen molar-refractivity contribution in [3.05, 3.63) is 44.9 Å². The topological polar surface area (TPSA) is 70.5 Å². The van der Waals surface area contributed by atoms with Gasteiger partial charge in [0.1, 0.15) is 0 Å². The molecular weight excluding hydrogens is 248 g/mol. The number of aromatic amines is 1. The lowest BCUT2D eigenvalue weighted by Gasteiger charge is -1.93. The molecule has 2 aromatic heterocycles. The van der Waals surface area contributed by atoms with E-state index in [2.05, 4.69) is 33.2 Å². The SMILES string of the molecule is C=Cc1ccc(C=Nc2cc(=O)[nH]c(N=C)n2)s1. The highest BCUT2D eigenvalue weighted by atomic mass is 32.1. The van der Waals surface area contributed by atoms with Gasteiger partial charge in [-0.2, -0.15) is 4.98 Å². The van der Waals surface area contributed by atoms with Crippen molar-refractivity contribution in [2.24, 2.45) is 9.98 Å². The molecule has 0 radical (unpaired) electrons. The van der Waals surface area contributed by atoms with Crippen LogP contribution in [-0.4, -0.2) is 22.9 Å². The molecule has 0 aromatic carbocycles. The number of rotatable bonds is 4. The van der Waals surface area contributed by atoms with Gasteiger partial charge in [-0.1, -0.05) is 12.7 Å². The van der Waals surface area contributed by atoms with Crippen molar-refractivity contribution < 1.29 is 0 Å². The molecule has 0 unspecified atom stereocenters. The van der Waals surface area contributed by atoms with Crippen LogP contribution >= 0.6 is 11.3 Å². The highest BCUT2D eigenvalue weighted by molar-refractivity contribution is 7.14. The number of hydrogen-bond donors (Lipinski definition) is 1.